The molecule has 4 N–H and O–H groups in total. The van der Waals surface area contributed by atoms with E-state index in [0.717, 1.165) is 19.3 Å². The van der Waals surface area contributed by atoms with Crippen LogP contribution in [0.5, 0.6) is 0 Å². The van der Waals surface area contributed by atoms with Gasteiger partial charge < -0.3 is 25.4 Å². The highest BCUT2D eigenvalue weighted by molar-refractivity contribution is 5.82. The average molecular weight is 349 g/mol. The smallest absolute Gasteiger partial charge is 0.167 e. The van der Waals surface area contributed by atoms with Gasteiger partial charge in [0.15, 0.2) is 23.2 Å². The van der Waals surface area contributed by atoms with Crippen LogP contribution in [0.25, 0.3) is 11.2 Å². The standard InChI is InChI=1S/C16H23N5O4/c1-2-10-12(23)13(24)16(25-10)21-7-19-11-14(17-6-18-15(11)21)20-8-4-3-5-9(8)22/h6-10,12-13,16,22-24H,2-5H2,1H3,(H,17,18,20)/t8-,9-,10+,12+,13+,16+/m0/s1. The Balaban J connectivity index is 1.65. The van der Waals surface area contributed by atoms with Crippen LogP contribution < -0.4 is 5.32 Å². The maximum atomic E-state index is 10.3. The van der Waals surface area contributed by atoms with E-state index in [1.807, 2.05) is 6.92 Å². The lowest BCUT2D eigenvalue weighted by atomic mass is 10.1. The van der Waals surface area contributed by atoms with Crippen molar-refractivity contribution in [2.45, 2.75) is 69.3 Å². The number of imidazole rings is 1. The molecule has 1 saturated heterocycles. The Bertz CT molecular complexity index is 753. The van der Waals surface area contributed by atoms with Gasteiger partial charge in [-0.2, -0.15) is 0 Å². The Morgan fingerprint density at radius 3 is 2.72 bits per heavy atom. The largest absolute Gasteiger partial charge is 0.391 e. The Hall–Kier alpha value is -1.81. The first-order valence-corrected chi connectivity index (χ1v) is 8.74. The average Bonchev–Trinajstić information content (AvgIpc) is 3.29. The fourth-order valence-corrected chi connectivity index (χ4v) is 3.72. The van der Waals surface area contributed by atoms with Crippen molar-refractivity contribution in [1.82, 2.24) is 19.5 Å². The van der Waals surface area contributed by atoms with Gasteiger partial charge in [0.2, 0.25) is 0 Å². The zero-order valence-electron chi connectivity index (χ0n) is 14.0. The van der Waals surface area contributed by atoms with Crippen molar-refractivity contribution in [2.75, 3.05) is 5.32 Å². The SMILES string of the molecule is CC[C@H]1O[C@@H](n2cnc3c(N[C@H]4CCC[C@@H]4O)ncnc32)[C@H](O)[C@@H]1O. The lowest BCUT2D eigenvalue weighted by molar-refractivity contribution is -0.0355. The van der Waals surface area contributed by atoms with E-state index in [4.69, 9.17) is 4.74 Å². The number of fused-ring (bicyclic) bond motifs is 1. The van der Waals surface area contributed by atoms with Crippen molar-refractivity contribution < 1.29 is 20.1 Å². The Morgan fingerprint density at radius 1 is 1.20 bits per heavy atom. The Labute approximate surface area is 144 Å². The van der Waals surface area contributed by atoms with E-state index < -0.39 is 30.6 Å². The molecule has 2 aromatic rings. The van der Waals surface area contributed by atoms with Crippen molar-refractivity contribution in [1.29, 1.82) is 0 Å². The van der Waals surface area contributed by atoms with E-state index in [0.29, 0.717) is 23.4 Å². The van der Waals surface area contributed by atoms with E-state index in [1.165, 1.54) is 12.7 Å². The fourth-order valence-electron chi connectivity index (χ4n) is 3.72. The van der Waals surface area contributed by atoms with Crippen LogP contribution in [-0.4, -0.2) is 65.3 Å². The molecule has 2 fully saturated rings. The molecule has 6 atom stereocenters. The van der Waals surface area contributed by atoms with Gasteiger partial charge in [-0.15, -0.1) is 0 Å². The second-order valence-electron chi connectivity index (χ2n) is 6.75. The number of nitrogens with one attached hydrogen (secondary N) is 1. The molecule has 1 aliphatic carbocycles. The first kappa shape index (κ1) is 16.6. The molecular formula is C16H23N5O4. The molecule has 2 aromatic heterocycles. The maximum absolute atomic E-state index is 10.3. The highest BCUT2D eigenvalue weighted by atomic mass is 16.6. The molecular weight excluding hydrogens is 326 g/mol. The molecule has 0 spiro atoms. The summed E-state index contributed by atoms with van der Waals surface area (Å²) in [6.07, 6.45) is 2.62. The number of nitrogens with zero attached hydrogens (tertiary/aromatic N) is 4. The fraction of sp³-hybridized carbons (Fsp3) is 0.688. The number of aliphatic hydroxyl groups excluding tert-OH is 3. The summed E-state index contributed by atoms with van der Waals surface area (Å²) in [7, 11) is 0. The molecule has 0 bridgehead atoms. The predicted molar refractivity (Wildman–Crippen MR) is 88.8 cm³/mol. The molecule has 2 aliphatic rings. The normalized spacial score (nSPS) is 35.5. The summed E-state index contributed by atoms with van der Waals surface area (Å²) in [6.45, 7) is 1.89. The zero-order chi connectivity index (χ0) is 17.6. The molecule has 136 valence electrons. The molecule has 1 saturated carbocycles. The van der Waals surface area contributed by atoms with E-state index in [2.05, 4.69) is 20.3 Å². The third kappa shape index (κ3) is 2.77. The second kappa shape index (κ2) is 6.49. The number of rotatable bonds is 4. The van der Waals surface area contributed by atoms with E-state index in [-0.39, 0.29) is 6.04 Å². The van der Waals surface area contributed by atoms with Gasteiger partial charge in [0.1, 0.15) is 18.5 Å². The number of aliphatic hydroxyl groups is 3. The van der Waals surface area contributed by atoms with Crippen LogP contribution in [0.4, 0.5) is 5.82 Å². The van der Waals surface area contributed by atoms with Gasteiger partial charge in [0, 0.05) is 0 Å². The third-order valence-electron chi connectivity index (χ3n) is 5.17. The number of anilines is 1. The van der Waals surface area contributed by atoms with Crippen LogP contribution in [0.2, 0.25) is 0 Å². The van der Waals surface area contributed by atoms with Gasteiger partial charge in [0.05, 0.1) is 24.6 Å². The quantitative estimate of drug-likeness (QED) is 0.616. The van der Waals surface area contributed by atoms with Crippen molar-refractivity contribution in [3.63, 3.8) is 0 Å². The molecule has 0 radical (unpaired) electrons. The monoisotopic (exact) mass is 349 g/mol. The summed E-state index contributed by atoms with van der Waals surface area (Å²) >= 11 is 0. The van der Waals surface area contributed by atoms with Gasteiger partial charge in [-0.1, -0.05) is 6.92 Å². The van der Waals surface area contributed by atoms with Crippen LogP contribution in [0.3, 0.4) is 0 Å². The van der Waals surface area contributed by atoms with Crippen molar-refractivity contribution in [2.24, 2.45) is 0 Å². The number of hydrogen-bond donors (Lipinski definition) is 4. The predicted octanol–water partition coefficient (Wildman–Crippen LogP) is 0.181. The van der Waals surface area contributed by atoms with E-state index >= 15 is 0 Å². The van der Waals surface area contributed by atoms with Crippen molar-refractivity contribution >= 4 is 17.0 Å². The van der Waals surface area contributed by atoms with Crippen LogP contribution in [-0.2, 0) is 4.74 Å². The summed E-state index contributed by atoms with van der Waals surface area (Å²) in [5.41, 5.74) is 1.06. The zero-order valence-corrected chi connectivity index (χ0v) is 14.0. The molecule has 25 heavy (non-hydrogen) atoms. The summed E-state index contributed by atoms with van der Waals surface area (Å²) in [6, 6.07) is -0.0529. The van der Waals surface area contributed by atoms with Gasteiger partial charge in [-0.25, -0.2) is 15.0 Å². The highest BCUT2D eigenvalue weighted by Crippen LogP contribution is 2.33. The number of aromatic nitrogens is 4. The minimum absolute atomic E-state index is 0.0529. The maximum Gasteiger partial charge on any atom is 0.167 e. The summed E-state index contributed by atoms with van der Waals surface area (Å²) in [5, 5.41) is 33.7. The van der Waals surface area contributed by atoms with Crippen LogP contribution >= 0.6 is 0 Å². The van der Waals surface area contributed by atoms with Gasteiger partial charge in [0.25, 0.3) is 0 Å². The van der Waals surface area contributed by atoms with Gasteiger partial charge >= 0.3 is 0 Å². The Morgan fingerprint density at radius 2 is 2.04 bits per heavy atom. The summed E-state index contributed by atoms with van der Waals surface area (Å²) < 4.78 is 7.40. The van der Waals surface area contributed by atoms with E-state index in [9.17, 15) is 15.3 Å². The minimum atomic E-state index is -1.05. The van der Waals surface area contributed by atoms with Crippen LogP contribution in [0.15, 0.2) is 12.7 Å². The molecule has 3 heterocycles. The van der Waals surface area contributed by atoms with Gasteiger partial charge in [-0.05, 0) is 25.7 Å². The molecule has 1 aliphatic heterocycles. The molecule has 4 rings (SSSR count). The van der Waals surface area contributed by atoms with Crippen molar-refractivity contribution in [3.05, 3.63) is 12.7 Å². The lowest BCUT2D eigenvalue weighted by Crippen LogP contribution is -2.31. The molecule has 9 nitrogen and oxygen atoms in total. The molecule has 0 amide bonds. The van der Waals surface area contributed by atoms with Gasteiger partial charge in [-0.3, -0.25) is 4.57 Å². The molecule has 9 heteroatoms. The van der Waals surface area contributed by atoms with Crippen LogP contribution in [0.1, 0.15) is 38.8 Å². The Kier molecular flexibility index (Phi) is 4.32. The minimum Gasteiger partial charge on any atom is -0.391 e. The lowest BCUT2D eigenvalue weighted by Gasteiger charge is -2.18. The second-order valence-corrected chi connectivity index (χ2v) is 6.75. The first-order valence-electron chi connectivity index (χ1n) is 8.74. The van der Waals surface area contributed by atoms with E-state index in [1.54, 1.807) is 4.57 Å². The number of ether oxygens (including phenoxy) is 1. The topological polar surface area (TPSA) is 126 Å². The summed E-state index contributed by atoms with van der Waals surface area (Å²) in [5.74, 6) is 0.551. The summed E-state index contributed by atoms with van der Waals surface area (Å²) in [4.78, 5) is 12.9. The first-order chi connectivity index (χ1) is 12.1. The van der Waals surface area contributed by atoms with Crippen molar-refractivity contribution in [3.8, 4) is 0 Å². The number of hydrogen-bond acceptors (Lipinski definition) is 8. The molecule has 0 unspecified atom stereocenters. The van der Waals surface area contributed by atoms with Crippen LogP contribution in [0, 0.1) is 0 Å². The third-order valence-corrected chi connectivity index (χ3v) is 5.17. The highest BCUT2D eigenvalue weighted by Gasteiger charge is 2.43. The molecule has 0 aromatic carbocycles.